The molecule has 0 bridgehead atoms. The summed E-state index contributed by atoms with van der Waals surface area (Å²) in [4.78, 5) is 23.3. The summed E-state index contributed by atoms with van der Waals surface area (Å²) < 4.78 is 81.8. The lowest BCUT2D eigenvalue weighted by molar-refractivity contribution is -0.137. The molecule has 0 saturated carbocycles. The molecular weight excluding hydrogens is 513 g/mol. The molecule has 5 rings (SSSR count). The molecule has 13 heteroatoms. The van der Waals surface area contributed by atoms with Crippen molar-refractivity contribution >= 4 is 28.3 Å². The summed E-state index contributed by atoms with van der Waals surface area (Å²) in [5.41, 5.74) is 5.25. The zero-order valence-electron chi connectivity index (χ0n) is 20.0. The van der Waals surface area contributed by atoms with Crippen molar-refractivity contribution in [3.05, 3.63) is 71.2 Å². The molecule has 2 aromatic heterocycles. The lowest BCUT2D eigenvalue weighted by Crippen LogP contribution is -2.52. The second kappa shape index (κ2) is 9.80. The Morgan fingerprint density at radius 2 is 2.00 bits per heavy atom. The molecule has 1 amide bonds. The summed E-state index contributed by atoms with van der Waals surface area (Å²) in [5.74, 6) is -2.72. The van der Waals surface area contributed by atoms with Crippen molar-refractivity contribution in [2.75, 3.05) is 26.1 Å². The molecule has 2 N–H and O–H groups in total. The number of nitrogens with two attached hydrogens (primary N) is 1. The number of nitrogen functional groups attached to an aromatic ring is 1. The first-order valence-corrected chi connectivity index (χ1v) is 11.6. The molecule has 200 valence electrons. The molecular formula is C25H22F5N5O3. The average Bonchev–Trinajstić information content (AvgIpc) is 3.38. The van der Waals surface area contributed by atoms with Crippen molar-refractivity contribution in [2.24, 2.45) is 0 Å². The second-order valence-corrected chi connectivity index (χ2v) is 8.91. The molecule has 1 aliphatic rings. The van der Waals surface area contributed by atoms with Crippen molar-refractivity contribution < 1.29 is 36.2 Å². The first-order chi connectivity index (χ1) is 18.1. The SMILES string of the molecule is CO[C@H]1COCC[C@H]1N(Cc1ccc(C(F)(F)F)cc1F)C(=O)c1cc2c(cc1F)nc(N)c1cncn12. The van der Waals surface area contributed by atoms with E-state index in [9.17, 15) is 22.4 Å². The molecule has 8 nitrogen and oxygen atoms in total. The fourth-order valence-electron chi connectivity index (χ4n) is 4.67. The number of imidazole rings is 1. The summed E-state index contributed by atoms with van der Waals surface area (Å²) in [5, 5.41) is 0. The maximum Gasteiger partial charge on any atom is 0.416 e. The van der Waals surface area contributed by atoms with Crippen molar-refractivity contribution in [3.63, 3.8) is 0 Å². The largest absolute Gasteiger partial charge is 0.416 e. The van der Waals surface area contributed by atoms with Gasteiger partial charge in [-0.25, -0.2) is 18.7 Å². The van der Waals surface area contributed by atoms with Crippen LogP contribution < -0.4 is 5.73 Å². The molecule has 3 heterocycles. The molecule has 1 fully saturated rings. The number of alkyl halides is 3. The van der Waals surface area contributed by atoms with E-state index in [0.717, 1.165) is 18.2 Å². The molecule has 2 aromatic carbocycles. The fourth-order valence-corrected chi connectivity index (χ4v) is 4.67. The van der Waals surface area contributed by atoms with Crippen LogP contribution in [-0.2, 0) is 22.2 Å². The molecule has 1 aliphatic heterocycles. The number of carbonyl (C=O) groups is 1. The summed E-state index contributed by atoms with van der Waals surface area (Å²) in [6.07, 6.45) is -2.17. The Balaban J connectivity index is 1.60. The van der Waals surface area contributed by atoms with Crippen LogP contribution in [0.5, 0.6) is 0 Å². The van der Waals surface area contributed by atoms with Crippen LogP contribution in [0.3, 0.4) is 0 Å². The first kappa shape index (κ1) is 25.8. The van der Waals surface area contributed by atoms with Crippen LogP contribution in [0.25, 0.3) is 16.6 Å². The normalized spacial score (nSPS) is 18.3. The zero-order chi connectivity index (χ0) is 27.2. The van der Waals surface area contributed by atoms with Crippen LogP contribution in [0.4, 0.5) is 27.8 Å². The van der Waals surface area contributed by atoms with Crippen LogP contribution in [0.15, 0.2) is 42.9 Å². The standard InChI is InChI=1S/C25H22F5N5O3/c1-37-22-11-38-5-4-19(22)34(10-13-2-3-14(6-16(13)26)25(28,29)30)24(36)15-7-20-18(8-17(15)27)33-23(31)21-9-32-12-35(20)21/h2-3,6-9,12,19,22H,4-5,10-11H2,1H3,(H2,31,33)/t19-,22+/m1/s1. The molecule has 0 spiro atoms. The van der Waals surface area contributed by atoms with Crippen molar-refractivity contribution in [2.45, 2.75) is 31.3 Å². The van der Waals surface area contributed by atoms with E-state index >= 15 is 4.39 Å². The Kier molecular flexibility index (Phi) is 6.65. The van der Waals surface area contributed by atoms with Crippen molar-refractivity contribution in [3.8, 4) is 0 Å². The molecule has 38 heavy (non-hydrogen) atoms. The molecule has 0 unspecified atom stereocenters. The van der Waals surface area contributed by atoms with Crippen molar-refractivity contribution in [1.29, 1.82) is 0 Å². The third-order valence-corrected chi connectivity index (χ3v) is 6.65. The van der Waals surface area contributed by atoms with Gasteiger partial charge >= 0.3 is 6.18 Å². The maximum absolute atomic E-state index is 15.3. The van der Waals surface area contributed by atoms with E-state index in [-0.39, 0.29) is 42.1 Å². The Labute approximate surface area is 212 Å². The predicted octanol–water partition coefficient (Wildman–Crippen LogP) is 4.21. The van der Waals surface area contributed by atoms with E-state index in [4.69, 9.17) is 15.2 Å². The number of fused-ring (bicyclic) bond motifs is 3. The topological polar surface area (TPSA) is 95.0 Å². The quantitative estimate of drug-likeness (QED) is 0.385. The lowest BCUT2D eigenvalue weighted by atomic mass is 10.00. The van der Waals surface area contributed by atoms with Gasteiger partial charge in [-0.3, -0.25) is 9.20 Å². The lowest BCUT2D eigenvalue weighted by Gasteiger charge is -2.39. The van der Waals surface area contributed by atoms with Gasteiger partial charge in [0.25, 0.3) is 5.91 Å². The van der Waals surface area contributed by atoms with Crippen LogP contribution in [0, 0.1) is 11.6 Å². The van der Waals surface area contributed by atoms with Crippen LogP contribution in [-0.4, -0.2) is 57.6 Å². The number of methoxy groups -OCH3 is 1. The van der Waals surface area contributed by atoms with E-state index in [2.05, 4.69) is 9.97 Å². The monoisotopic (exact) mass is 535 g/mol. The molecule has 1 saturated heterocycles. The minimum atomic E-state index is -4.74. The average molecular weight is 535 g/mol. The highest BCUT2D eigenvalue weighted by molar-refractivity contribution is 5.98. The molecule has 0 radical (unpaired) electrons. The van der Waals surface area contributed by atoms with Gasteiger partial charge in [0.1, 0.15) is 29.1 Å². The molecule has 4 aromatic rings. The van der Waals surface area contributed by atoms with Gasteiger partial charge in [-0.15, -0.1) is 0 Å². The fraction of sp³-hybridized carbons (Fsp3) is 0.320. The van der Waals surface area contributed by atoms with E-state index in [1.165, 1.54) is 30.6 Å². The minimum Gasteiger partial charge on any atom is -0.382 e. The Morgan fingerprint density at radius 3 is 2.71 bits per heavy atom. The summed E-state index contributed by atoms with van der Waals surface area (Å²) in [7, 11) is 1.41. The van der Waals surface area contributed by atoms with Gasteiger partial charge in [0.15, 0.2) is 0 Å². The Bertz CT molecular complexity index is 1520. The number of rotatable bonds is 5. The Hall–Kier alpha value is -3.84. The number of hydrogen-bond donors (Lipinski definition) is 1. The number of aromatic nitrogens is 3. The van der Waals surface area contributed by atoms with E-state index in [0.29, 0.717) is 17.1 Å². The van der Waals surface area contributed by atoms with Gasteiger partial charge in [-0.1, -0.05) is 6.07 Å². The number of halogens is 5. The van der Waals surface area contributed by atoms with Gasteiger partial charge < -0.3 is 20.1 Å². The number of anilines is 1. The van der Waals surface area contributed by atoms with Gasteiger partial charge in [0, 0.05) is 31.9 Å². The maximum atomic E-state index is 15.3. The predicted molar refractivity (Wildman–Crippen MR) is 126 cm³/mol. The molecule has 2 atom stereocenters. The van der Waals surface area contributed by atoms with E-state index in [1.54, 1.807) is 4.40 Å². The van der Waals surface area contributed by atoms with Crippen LogP contribution >= 0.6 is 0 Å². The highest BCUT2D eigenvalue weighted by atomic mass is 19.4. The first-order valence-electron chi connectivity index (χ1n) is 11.6. The highest BCUT2D eigenvalue weighted by Gasteiger charge is 2.36. The summed E-state index contributed by atoms with van der Waals surface area (Å²) >= 11 is 0. The smallest absolute Gasteiger partial charge is 0.382 e. The number of ether oxygens (including phenoxy) is 2. The number of benzene rings is 2. The van der Waals surface area contributed by atoms with Crippen LogP contribution in [0.1, 0.15) is 27.9 Å². The number of hydrogen-bond acceptors (Lipinski definition) is 6. The van der Waals surface area contributed by atoms with E-state index in [1.807, 2.05) is 0 Å². The summed E-state index contributed by atoms with van der Waals surface area (Å²) in [6.45, 7) is -0.0480. The zero-order valence-corrected chi connectivity index (χ0v) is 20.0. The van der Waals surface area contributed by atoms with Gasteiger partial charge in [0.05, 0.1) is 47.3 Å². The number of nitrogens with zero attached hydrogens (tertiary/aromatic N) is 4. The minimum absolute atomic E-state index is 0.123. The van der Waals surface area contributed by atoms with Gasteiger partial charge in [-0.05, 0) is 24.6 Å². The number of amides is 1. The van der Waals surface area contributed by atoms with Crippen LogP contribution in [0.2, 0.25) is 0 Å². The highest BCUT2D eigenvalue weighted by Crippen LogP contribution is 2.32. The number of carbonyl (C=O) groups excluding carboxylic acids is 1. The van der Waals surface area contributed by atoms with E-state index < -0.39 is 48.0 Å². The Morgan fingerprint density at radius 1 is 1.21 bits per heavy atom. The third-order valence-electron chi connectivity index (χ3n) is 6.65. The second-order valence-electron chi connectivity index (χ2n) is 8.91. The van der Waals surface area contributed by atoms with Gasteiger partial charge in [-0.2, -0.15) is 13.2 Å². The van der Waals surface area contributed by atoms with Crippen molar-refractivity contribution in [1.82, 2.24) is 19.3 Å². The summed E-state index contributed by atoms with van der Waals surface area (Å²) in [6, 6.07) is 3.77. The molecule has 0 aliphatic carbocycles. The van der Waals surface area contributed by atoms with Gasteiger partial charge in [0.2, 0.25) is 0 Å². The third kappa shape index (κ3) is 4.63.